The number of ether oxygens (including phenoxy) is 2. The van der Waals surface area contributed by atoms with Gasteiger partial charge in [0, 0.05) is 31.2 Å². The van der Waals surface area contributed by atoms with E-state index in [0.29, 0.717) is 6.79 Å². The molecular weight excluding hydrogens is 434 g/mol. The molecule has 5 rings (SSSR count). The van der Waals surface area contributed by atoms with E-state index in [1.807, 2.05) is 6.07 Å². The molecule has 5 nitrogen and oxygen atoms in total. The van der Waals surface area contributed by atoms with E-state index in [1.165, 1.54) is 16.8 Å². The van der Waals surface area contributed by atoms with Gasteiger partial charge in [-0.3, -0.25) is 4.90 Å². The summed E-state index contributed by atoms with van der Waals surface area (Å²) in [6.07, 6.45) is 4.34. The lowest BCUT2D eigenvalue weighted by Crippen LogP contribution is -2.28. The monoisotopic (exact) mass is 467 g/mol. The van der Waals surface area contributed by atoms with Gasteiger partial charge in [0.1, 0.15) is 5.82 Å². The van der Waals surface area contributed by atoms with Gasteiger partial charge in [-0.1, -0.05) is 80.1 Å². The van der Waals surface area contributed by atoms with Gasteiger partial charge in [0.05, 0.1) is 11.9 Å². The number of imidazole rings is 1. The molecule has 0 aliphatic carbocycles. The Morgan fingerprint density at radius 3 is 2.37 bits per heavy atom. The molecule has 1 atom stereocenters. The van der Waals surface area contributed by atoms with Crippen LogP contribution in [0.2, 0.25) is 0 Å². The van der Waals surface area contributed by atoms with Crippen molar-refractivity contribution in [3.8, 4) is 22.9 Å². The number of nitrogens with zero attached hydrogens (tertiary/aromatic N) is 3. The third kappa shape index (κ3) is 5.25. The molecule has 1 unspecified atom stereocenters. The van der Waals surface area contributed by atoms with Crippen molar-refractivity contribution in [2.24, 2.45) is 0 Å². The van der Waals surface area contributed by atoms with Gasteiger partial charge in [-0.2, -0.15) is 0 Å². The minimum atomic E-state index is 0.169. The third-order valence-corrected chi connectivity index (χ3v) is 6.68. The van der Waals surface area contributed by atoms with Crippen LogP contribution in [0.15, 0.2) is 85.1 Å². The van der Waals surface area contributed by atoms with Crippen LogP contribution in [-0.4, -0.2) is 21.2 Å². The number of benzene rings is 3. The molecule has 35 heavy (non-hydrogen) atoms. The summed E-state index contributed by atoms with van der Waals surface area (Å²) in [7, 11) is 0. The largest absolute Gasteiger partial charge is 0.454 e. The number of rotatable bonds is 10. The van der Waals surface area contributed by atoms with E-state index in [1.54, 1.807) is 0 Å². The van der Waals surface area contributed by atoms with Crippen LogP contribution in [0.4, 0.5) is 0 Å². The number of hydrogen-bond acceptors (Lipinski definition) is 4. The van der Waals surface area contributed by atoms with Gasteiger partial charge in [-0.15, -0.1) is 0 Å². The van der Waals surface area contributed by atoms with Gasteiger partial charge < -0.3 is 14.0 Å². The fourth-order valence-electron chi connectivity index (χ4n) is 4.70. The van der Waals surface area contributed by atoms with Crippen LogP contribution in [0.1, 0.15) is 49.6 Å². The Bertz CT molecular complexity index is 1240. The molecule has 2 heterocycles. The summed E-state index contributed by atoms with van der Waals surface area (Å²) in [4.78, 5) is 7.42. The van der Waals surface area contributed by atoms with Gasteiger partial charge in [-0.05, 0) is 36.6 Å². The lowest BCUT2D eigenvalue weighted by atomic mass is 10.1. The van der Waals surface area contributed by atoms with Gasteiger partial charge in [0.25, 0.3) is 0 Å². The van der Waals surface area contributed by atoms with E-state index in [9.17, 15) is 0 Å². The quantitative estimate of drug-likeness (QED) is 0.256. The second-order valence-corrected chi connectivity index (χ2v) is 9.13. The zero-order valence-electron chi connectivity index (χ0n) is 20.6. The van der Waals surface area contributed by atoms with Crippen molar-refractivity contribution in [3.05, 3.63) is 102 Å². The molecule has 180 valence electrons. The van der Waals surface area contributed by atoms with Crippen molar-refractivity contribution in [1.82, 2.24) is 14.5 Å². The maximum atomic E-state index is 5.64. The maximum absolute atomic E-state index is 5.64. The molecule has 0 radical (unpaired) electrons. The van der Waals surface area contributed by atoms with Crippen LogP contribution in [0.5, 0.6) is 11.5 Å². The molecule has 4 aromatic rings. The van der Waals surface area contributed by atoms with E-state index in [-0.39, 0.29) is 6.04 Å². The average Bonchev–Trinajstić information content (AvgIpc) is 3.54. The Balaban J connectivity index is 1.49. The van der Waals surface area contributed by atoms with Gasteiger partial charge >= 0.3 is 0 Å². The minimum Gasteiger partial charge on any atom is -0.454 e. The lowest BCUT2D eigenvalue weighted by Gasteiger charge is -2.30. The lowest BCUT2D eigenvalue weighted by molar-refractivity contribution is 0.173. The van der Waals surface area contributed by atoms with E-state index in [2.05, 4.69) is 102 Å². The molecule has 0 saturated carbocycles. The molecule has 0 amide bonds. The minimum absolute atomic E-state index is 0.169. The Morgan fingerprint density at radius 2 is 1.60 bits per heavy atom. The van der Waals surface area contributed by atoms with Gasteiger partial charge in [0.2, 0.25) is 6.79 Å². The Labute approximate surface area is 208 Å². The van der Waals surface area contributed by atoms with E-state index in [4.69, 9.17) is 14.5 Å². The second-order valence-electron chi connectivity index (χ2n) is 9.13. The highest BCUT2D eigenvalue weighted by atomic mass is 16.7. The first-order valence-electron chi connectivity index (χ1n) is 12.5. The molecule has 1 aliphatic heterocycles. The molecule has 0 fully saturated rings. The zero-order valence-corrected chi connectivity index (χ0v) is 20.6. The van der Waals surface area contributed by atoms with E-state index >= 15 is 0 Å². The van der Waals surface area contributed by atoms with E-state index in [0.717, 1.165) is 55.4 Å². The first kappa shape index (κ1) is 23.2. The summed E-state index contributed by atoms with van der Waals surface area (Å²) in [6.45, 7) is 7.43. The standard InChI is InChI=1S/C30H33N3O2/c1-3-4-17-33-27(19-31-30(33)26-13-9-6-10-14-26)23(2)32(20-24-11-7-5-8-12-24)21-25-15-16-28-29(18-25)35-22-34-28/h5-16,18-19,23H,3-4,17,20-22H2,1-2H3. The topological polar surface area (TPSA) is 39.5 Å². The van der Waals surface area contributed by atoms with E-state index < -0.39 is 0 Å². The number of aromatic nitrogens is 2. The maximum Gasteiger partial charge on any atom is 0.231 e. The number of fused-ring (bicyclic) bond motifs is 1. The van der Waals surface area contributed by atoms with Crippen molar-refractivity contribution in [2.75, 3.05) is 6.79 Å². The van der Waals surface area contributed by atoms with Crippen LogP contribution in [0.25, 0.3) is 11.4 Å². The predicted octanol–water partition coefficient (Wildman–Crippen LogP) is 6.84. The fraction of sp³-hybridized carbons (Fsp3) is 0.300. The Morgan fingerprint density at radius 1 is 0.886 bits per heavy atom. The zero-order chi connectivity index (χ0) is 24.0. The van der Waals surface area contributed by atoms with Crippen LogP contribution in [0, 0.1) is 0 Å². The summed E-state index contributed by atoms with van der Waals surface area (Å²) < 4.78 is 13.6. The van der Waals surface area contributed by atoms with Crippen molar-refractivity contribution in [3.63, 3.8) is 0 Å². The van der Waals surface area contributed by atoms with Crippen molar-refractivity contribution >= 4 is 0 Å². The molecule has 0 bridgehead atoms. The Kier molecular flexibility index (Phi) is 7.15. The summed E-state index contributed by atoms with van der Waals surface area (Å²) >= 11 is 0. The molecule has 0 spiro atoms. The predicted molar refractivity (Wildman–Crippen MR) is 139 cm³/mol. The summed E-state index contributed by atoms with van der Waals surface area (Å²) in [5.41, 5.74) is 4.91. The van der Waals surface area contributed by atoms with Crippen LogP contribution in [-0.2, 0) is 19.6 Å². The first-order valence-corrected chi connectivity index (χ1v) is 12.5. The van der Waals surface area contributed by atoms with Gasteiger partial charge in [0.15, 0.2) is 11.5 Å². The van der Waals surface area contributed by atoms with Crippen molar-refractivity contribution in [2.45, 2.75) is 52.4 Å². The molecular formula is C30H33N3O2. The van der Waals surface area contributed by atoms with Crippen molar-refractivity contribution < 1.29 is 9.47 Å². The number of unbranched alkanes of at least 4 members (excludes halogenated alkanes) is 1. The van der Waals surface area contributed by atoms with Crippen LogP contribution < -0.4 is 9.47 Å². The fourth-order valence-corrected chi connectivity index (χ4v) is 4.70. The highest BCUT2D eigenvalue weighted by Crippen LogP contribution is 2.34. The highest BCUT2D eigenvalue weighted by molar-refractivity contribution is 5.56. The molecule has 0 N–H and O–H groups in total. The highest BCUT2D eigenvalue weighted by Gasteiger charge is 2.23. The normalized spacial score (nSPS) is 13.3. The summed E-state index contributed by atoms with van der Waals surface area (Å²) in [5.74, 6) is 2.69. The molecule has 0 saturated heterocycles. The smallest absolute Gasteiger partial charge is 0.231 e. The number of hydrogen-bond donors (Lipinski definition) is 0. The molecule has 5 heteroatoms. The van der Waals surface area contributed by atoms with Crippen LogP contribution >= 0.6 is 0 Å². The third-order valence-electron chi connectivity index (χ3n) is 6.68. The summed E-state index contributed by atoms with van der Waals surface area (Å²) in [5, 5.41) is 0. The Hall–Kier alpha value is -3.57. The SMILES string of the molecule is CCCCn1c(C(C)N(Cc2ccccc2)Cc2ccc3c(c2)OCO3)cnc1-c1ccccc1. The van der Waals surface area contributed by atoms with Gasteiger partial charge in [-0.25, -0.2) is 4.98 Å². The van der Waals surface area contributed by atoms with Crippen molar-refractivity contribution in [1.29, 1.82) is 0 Å². The first-order chi connectivity index (χ1) is 17.2. The van der Waals surface area contributed by atoms with Crippen LogP contribution in [0.3, 0.4) is 0 Å². The molecule has 1 aliphatic rings. The average molecular weight is 468 g/mol. The second kappa shape index (κ2) is 10.8. The summed E-state index contributed by atoms with van der Waals surface area (Å²) in [6, 6.07) is 27.6. The molecule has 1 aromatic heterocycles. The molecule has 3 aromatic carbocycles.